The number of amides is 1. The first kappa shape index (κ1) is 26.7. The van der Waals surface area contributed by atoms with Gasteiger partial charge in [-0.25, -0.2) is 21.1 Å². The summed E-state index contributed by atoms with van der Waals surface area (Å²) in [6.45, 7) is 6.89. The predicted octanol–water partition coefficient (Wildman–Crippen LogP) is 0.517. The Labute approximate surface area is 189 Å². The monoisotopic (exact) mass is 495 g/mol. The molecule has 32 heavy (non-hydrogen) atoms. The number of carbonyl (C=O) groups is 1. The zero-order chi connectivity index (χ0) is 24.4. The zero-order valence-electron chi connectivity index (χ0n) is 19.1. The fourth-order valence-corrected chi connectivity index (χ4v) is 6.25. The third-order valence-corrected chi connectivity index (χ3v) is 9.97. The number of aliphatic hydroxyl groups is 1. The first-order chi connectivity index (χ1) is 14.6. The van der Waals surface area contributed by atoms with Crippen LogP contribution in [0, 0.1) is 0 Å². The molecule has 0 saturated carbocycles. The van der Waals surface area contributed by atoms with Gasteiger partial charge in [-0.15, -0.1) is 0 Å². The van der Waals surface area contributed by atoms with Gasteiger partial charge < -0.3 is 14.4 Å². The number of anilines is 1. The van der Waals surface area contributed by atoms with Crippen molar-refractivity contribution in [3.63, 3.8) is 0 Å². The van der Waals surface area contributed by atoms with Gasteiger partial charge in [-0.2, -0.15) is 0 Å². The van der Waals surface area contributed by atoms with Crippen molar-refractivity contribution < 1.29 is 36.0 Å². The fraction of sp³-hybridized carbons (Fsp3) is 0.789. The SMILES string of the molecule is CC(C)(COCCO)c1cc(NC(=O)C(C)(C)S(=O)(=O)C2CCN(S(C)(=O)=O)CC2)on1. The Bertz CT molecular complexity index is 1010. The van der Waals surface area contributed by atoms with Crippen LogP contribution < -0.4 is 5.32 Å². The van der Waals surface area contributed by atoms with Crippen LogP contribution in [0.2, 0.25) is 0 Å². The Hall–Kier alpha value is -1.54. The average Bonchev–Trinajstić information content (AvgIpc) is 3.17. The van der Waals surface area contributed by atoms with E-state index in [1.165, 1.54) is 24.2 Å². The summed E-state index contributed by atoms with van der Waals surface area (Å²) in [4.78, 5) is 12.9. The lowest BCUT2D eigenvalue weighted by Gasteiger charge is -2.34. The number of aliphatic hydroxyl groups excluding tert-OH is 1. The number of sulfone groups is 1. The Morgan fingerprint density at radius 1 is 1.25 bits per heavy atom. The third-order valence-electron chi connectivity index (χ3n) is 5.71. The van der Waals surface area contributed by atoms with E-state index in [0.717, 1.165) is 6.26 Å². The molecule has 1 amide bonds. The second-order valence-corrected chi connectivity index (χ2v) is 13.9. The molecule has 2 heterocycles. The Balaban J connectivity index is 2.08. The molecule has 11 nitrogen and oxygen atoms in total. The van der Waals surface area contributed by atoms with Gasteiger partial charge in [-0.05, 0) is 26.7 Å². The van der Waals surface area contributed by atoms with Crippen LogP contribution in [0.3, 0.4) is 0 Å². The maximum absolute atomic E-state index is 13.2. The molecule has 1 aromatic heterocycles. The summed E-state index contributed by atoms with van der Waals surface area (Å²) >= 11 is 0. The summed E-state index contributed by atoms with van der Waals surface area (Å²) in [5, 5.41) is 14.4. The molecule has 0 radical (unpaired) electrons. The number of carbonyl (C=O) groups excluding carboxylic acids is 1. The van der Waals surface area contributed by atoms with Gasteiger partial charge in [-0.1, -0.05) is 19.0 Å². The number of sulfonamides is 1. The van der Waals surface area contributed by atoms with E-state index in [9.17, 15) is 21.6 Å². The van der Waals surface area contributed by atoms with Crippen LogP contribution in [-0.2, 0) is 34.8 Å². The number of ether oxygens (including phenoxy) is 1. The molecule has 0 aromatic carbocycles. The molecule has 184 valence electrons. The van der Waals surface area contributed by atoms with Gasteiger partial charge in [0.05, 0.1) is 37.0 Å². The first-order valence-electron chi connectivity index (χ1n) is 10.3. The van der Waals surface area contributed by atoms with Gasteiger partial charge in [0.25, 0.3) is 0 Å². The largest absolute Gasteiger partial charge is 0.394 e. The van der Waals surface area contributed by atoms with E-state index in [2.05, 4.69) is 10.5 Å². The number of aromatic nitrogens is 1. The van der Waals surface area contributed by atoms with Crippen molar-refractivity contribution in [2.24, 2.45) is 0 Å². The summed E-state index contributed by atoms with van der Waals surface area (Å²) in [6, 6.07) is 1.51. The number of nitrogens with one attached hydrogen (secondary N) is 1. The van der Waals surface area contributed by atoms with Crippen molar-refractivity contribution in [1.82, 2.24) is 9.46 Å². The molecule has 0 spiro atoms. The Kier molecular flexibility index (Phi) is 8.14. The zero-order valence-corrected chi connectivity index (χ0v) is 20.8. The van der Waals surface area contributed by atoms with Gasteiger partial charge in [-0.3, -0.25) is 10.1 Å². The second-order valence-electron chi connectivity index (χ2n) is 9.11. The Morgan fingerprint density at radius 3 is 2.38 bits per heavy atom. The first-order valence-corrected chi connectivity index (χ1v) is 13.7. The number of piperidine rings is 1. The van der Waals surface area contributed by atoms with E-state index in [-0.39, 0.29) is 51.6 Å². The summed E-state index contributed by atoms with van der Waals surface area (Å²) in [5.74, 6) is -0.754. The molecule has 2 rings (SSSR count). The Morgan fingerprint density at radius 2 is 1.84 bits per heavy atom. The van der Waals surface area contributed by atoms with Crippen LogP contribution in [0.1, 0.15) is 46.2 Å². The van der Waals surface area contributed by atoms with Gasteiger partial charge in [0, 0.05) is 24.6 Å². The minimum Gasteiger partial charge on any atom is -0.394 e. The van der Waals surface area contributed by atoms with E-state index in [4.69, 9.17) is 14.4 Å². The van der Waals surface area contributed by atoms with E-state index < -0.39 is 41.2 Å². The van der Waals surface area contributed by atoms with Crippen molar-refractivity contribution in [3.05, 3.63) is 11.8 Å². The van der Waals surface area contributed by atoms with Crippen LogP contribution in [0.4, 0.5) is 5.88 Å². The average molecular weight is 496 g/mol. The highest BCUT2D eigenvalue weighted by molar-refractivity contribution is 7.94. The van der Waals surface area contributed by atoms with Crippen molar-refractivity contribution >= 4 is 31.7 Å². The van der Waals surface area contributed by atoms with Crippen LogP contribution in [0.25, 0.3) is 0 Å². The molecular formula is C19H33N3O8S2. The van der Waals surface area contributed by atoms with Crippen molar-refractivity contribution in [2.75, 3.05) is 44.5 Å². The lowest BCUT2D eigenvalue weighted by atomic mass is 9.90. The molecule has 13 heteroatoms. The molecule has 2 N–H and O–H groups in total. The van der Waals surface area contributed by atoms with Gasteiger partial charge in [0.2, 0.25) is 21.8 Å². The molecule has 0 bridgehead atoms. The van der Waals surface area contributed by atoms with Crippen LogP contribution in [0.15, 0.2) is 10.6 Å². The van der Waals surface area contributed by atoms with Crippen molar-refractivity contribution in [2.45, 2.75) is 55.9 Å². The molecule has 0 unspecified atom stereocenters. The maximum Gasteiger partial charge on any atom is 0.247 e. The highest BCUT2D eigenvalue weighted by Crippen LogP contribution is 2.31. The van der Waals surface area contributed by atoms with Gasteiger partial charge in [0.15, 0.2) is 9.84 Å². The highest BCUT2D eigenvalue weighted by atomic mass is 32.2. The van der Waals surface area contributed by atoms with Crippen LogP contribution in [-0.4, -0.2) is 86.5 Å². The fourth-order valence-electron chi connectivity index (χ4n) is 3.40. The predicted molar refractivity (Wildman–Crippen MR) is 119 cm³/mol. The minimum atomic E-state index is -3.93. The van der Waals surface area contributed by atoms with Gasteiger partial charge in [0.1, 0.15) is 4.75 Å². The van der Waals surface area contributed by atoms with Crippen LogP contribution >= 0.6 is 0 Å². The molecule has 1 aliphatic rings. The normalized spacial score (nSPS) is 17.4. The number of hydrogen-bond donors (Lipinski definition) is 2. The van der Waals surface area contributed by atoms with Crippen molar-refractivity contribution in [3.8, 4) is 0 Å². The molecule has 0 aliphatic carbocycles. The summed E-state index contributed by atoms with van der Waals surface area (Å²) in [5.41, 5.74) is -0.0591. The van der Waals surface area contributed by atoms with E-state index in [1.807, 2.05) is 13.8 Å². The number of hydrogen-bond acceptors (Lipinski definition) is 9. The van der Waals surface area contributed by atoms with E-state index in [0.29, 0.717) is 5.69 Å². The molecule has 1 saturated heterocycles. The minimum absolute atomic E-state index is 0.00963. The smallest absolute Gasteiger partial charge is 0.247 e. The summed E-state index contributed by atoms with van der Waals surface area (Å²) in [7, 11) is -7.31. The standard InChI is InChI=1S/C19H33N3O8S2/c1-18(2,13-29-11-10-23)15-12-16(30-21-15)20-17(24)19(3,4)32(27,28)14-6-8-22(9-7-14)31(5,25)26/h12,14,23H,6-11,13H2,1-5H3,(H,20,24). The van der Waals surface area contributed by atoms with Crippen LogP contribution in [0.5, 0.6) is 0 Å². The van der Waals surface area contributed by atoms with E-state index in [1.54, 1.807) is 0 Å². The second kappa shape index (κ2) is 9.75. The highest BCUT2D eigenvalue weighted by Gasteiger charge is 2.47. The lowest BCUT2D eigenvalue weighted by Crippen LogP contribution is -2.52. The lowest BCUT2D eigenvalue weighted by molar-refractivity contribution is -0.118. The molecule has 1 aromatic rings. The summed E-state index contributed by atoms with van der Waals surface area (Å²) in [6.07, 6.45) is 1.34. The van der Waals surface area contributed by atoms with E-state index >= 15 is 0 Å². The van der Waals surface area contributed by atoms with Crippen molar-refractivity contribution in [1.29, 1.82) is 0 Å². The molecular weight excluding hydrogens is 462 g/mol. The molecule has 1 fully saturated rings. The topological polar surface area (TPSA) is 156 Å². The third kappa shape index (κ3) is 5.87. The van der Waals surface area contributed by atoms with Gasteiger partial charge >= 0.3 is 0 Å². The number of rotatable bonds is 10. The quantitative estimate of drug-likeness (QED) is 0.442. The maximum atomic E-state index is 13.2. The molecule has 0 atom stereocenters. The number of nitrogens with zero attached hydrogens (tertiary/aromatic N) is 2. The molecule has 1 aliphatic heterocycles. The summed E-state index contributed by atoms with van der Waals surface area (Å²) < 4.78 is 59.7.